The molecule has 7 nitrogen and oxygen atoms in total. The Hall–Kier alpha value is -4.31. The number of aromatic nitrogens is 1. The Morgan fingerprint density at radius 1 is 1.15 bits per heavy atom. The maximum Gasteiger partial charge on any atom is 0.310 e. The second-order valence-electron chi connectivity index (χ2n) is 7.61. The van der Waals surface area contributed by atoms with Gasteiger partial charge in [0.2, 0.25) is 0 Å². The van der Waals surface area contributed by atoms with Crippen LogP contribution in [0, 0.1) is 18.3 Å². The van der Waals surface area contributed by atoms with Crippen LogP contribution >= 0.6 is 0 Å². The molecule has 0 N–H and O–H groups in total. The third-order valence-corrected chi connectivity index (χ3v) is 5.44. The highest BCUT2D eigenvalue weighted by Crippen LogP contribution is 2.32. The molecule has 0 aliphatic heterocycles. The normalized spacial score (nSPS) is 10.6. The van der Waals surface area contributed by atoms with E-state index in [-0.39, 0.29) is 19.0 Å². The van der Waals surface area contributed by atoms with Crippen LogP contribution < -0.4 is 9.47 Å². The van der Waals surface area contributed by atoms with E-state index in [1.165, 1.54) is 0 Å². The Bertz CT molecular complexity index is 1380. The van der Waals surface area contributed by atoms with Gasteiger partial charge in [0.15, 0.2) is 0 Å². The summed E-state index contributed by atoms with van der Waals surface area (Å²) in [4.78, 5) is 16.4. The lowest BCUT2D eigenvalue weighted by Gasteiger charge is -2.13. The SMILES string of the molecule is CCOC(=O)Cc1ccc(OC)cc1OCc1c(C)oc2ccc(-c3cccc(C#N)n3)cc12. The number of aryl methyl sites for hydroxylation is 1. The van der Waals surface area contributed by atoms with Crippen LogP contribution in [0.3, 0.4) is 0 Å². The molecule has 0 unspecified atom stereocenters. The van der Waals surface area contributed by atoms with E-state index in [9.17, 15) is 4.79 Å². The number of fused-ring (bicyclic) bond motifs is 1. The first-order valence-corrected chi connectivity index (χ1v) is 10.9. The van der Waals surface area contributed by atoms with E-state index in [0.717, 1.165) is 27.9 Å². The van der Waals surface area contributed by atoms with Crippen LogP contribution in [0.25, 0.3) is 22.2 Å². The molecule has 0 bridgehead atoms. The summed E-state index contributed by atoms with van der Waals surface area (Å²) in [6, 6.07) is 18.6. The fourth-order valence-corrected chi connectivity index (χ4v) is 3.73. The first-order chi connectivity index (χ1) is 16.5. The van der Waals surface area contributed by atoms with E-state index >= 15 is 0 Å². The van der Waals surface area contributed by atoms with Gasteiger partial charge in [0.1, 0.15) is 41.2 Å². The zero-order valence-electron chi connectivity index (χ0n) is 19.3. The molecule has 4 aromatic rings. The third kappa shape index (κ3) is 4.86. The number of methoxy groups -OCH3 is 1. The van der Waals surface area contributed by atoms with Gasteiger partial charge in [0, 0.05) is 28.1 Å². The van der Waals surface area contributed by atoms with E-state index in [0.29, 0.717) is 35.1 Å². The van der Waals surface area contributed by atoms with Gasteiger partial charge in [-0.3, -0.25) is 4.79 Å². The number of hydrogen-bond acceptors (Lipinski definition) is 7. The van der Waals surface area contributed by atoms with Gasteiger partial charge in [-0.15, -0.1) is 0 Å². The fraction of sp³-hybridized carbons (Fsp3) is 0.222. The molecule has 0 amide bonds. The third-order valence-electron chi connectivity index (χ3n) is 5.44. The number of pyridine rings is 1. The maximum atomic E-state index is 12.0. The molecule has 0 radical (unpaired) electrons. The summed E-state index contributed by atoms with van der Waals surface area (Å²) in [5.74, 6) is 1.59. The number of benzene rings is 2. The highest BCUT2D eigenvalue weighted by Gasteiger charge is 2.16. The zero-order chi connectivity index (χ0) is 24.1. The number of furan rings is 1. The zero-order valence-corrected chi connectivity index (χ0v) is 19.3. The van der Waals surface area contributed by atoms with Crippen molar-refractivity contribution >= 4 is 16.9 Å². The molecule has 0 spiro atoms. The van der Waals surface area contributed by atoms with Crippen LogP contribution in [0.2, 0.25) is 0 Å². The van der Waals surface area contributed by atoms with Gasteiger partial charge in [-0.2, -0.15) is 5.26 Å². The predicted molar refractivity (Wildman–Crippen MR) is 127 cm³/mol. The van der Waals surface area contributed by atoms with Gasteiger partial charge in [0.05, 0.1) is 25.8 Å². The van der Waals surface area contributed by atoms with Crippen molar-refractivity contribution in [2.45, 2.75) is 26.9 Å². The minimum Gasteiger partial charge on any atom is -0.497 e. The van der Waals surface area contributed by atoms with Crippen molar-refractivity contribution in [3.05, 3.63) is 77.2 Å². The molecule has 0 fully saturated rings. The molecule has 2 aromatic carbocycles. The topological polar surface area (TPSA) is 94.6 Å². The van der Waals surface area contributed by atoms with Crippen molar-refractivity contribution in [1.29, 1.82) is 5.26 Å². The molecule has 34 heavy (non-hydrogen) atoms. The molecular weight excluding hydrogens is 432 g/mol. The molecule has 2 heterocycles. The Morgan fingerprint density at radius 2 is 2.00 bits per heavy atom. The van der Waals surface area contributed by atoms with Crippen LogP contribution in [0.15, 0.2) is 59.0 Å². The average molecular weight is 456 g/mol. The fourth-order valence-electron chi connectivity index (χ4n) is 3.73. The highest BCUT2D eigenvalue weighted by atomic mass is 16.5. The van der Waals surface area contributed by atoms with Crippen LogP contribution in [0.1, 0.15) is 29.5 Å². The van der Waals surface area contributed by atoms with Gasteiger partial charge >= 0.3 is 5.97 Å². The minimum atomic E-state index is -0.320. The summed E-state index contributed by atoms with van der Waals surface area (Å²) in [6.45, 7) is 4.21. The standard InChI is InChI=1S/C27H24N2O5/c1-4-32-27(30)13-19-8-10-21(31-3)14-26(19)33-16-23-17(2)34-25-11-9-18(12-22(23)25)24-7-5-6-20(15-28)29-24/h5-12,14H,4,13,16H2,1-3H3. The maximum absolute atomic E-state index is 12.0. The quantitative estimate of drug-likeness (QED) is 0.329. The molecule has 0 atom stereocenters. The van der Waals surface area contributed by atoms with E-state index in [1.807, 2.05) is 37.3 Å². The number of ether oxygens (including phenoxy) is 3. The molecule has 0 saturated carbocycles. The molecule has 172 valence electrons. The second kappa shape index (κ2) is 10.1. The monoisotopic (exact) mass is 456 g/mol. The van der Waals surface area contributed by atoms with Crippen molar-refractivity contribution in [2.75, 3.05) is 13.7 Å². The predicted octanol–water partition coefficient (Wildman–Crippen LogP) is 5.37. The number of hydrogen-bond donors (Lipinski definition) is 0. The number of nitriles is 1. The molecule has 0 saturated heterocycles. The van der Waals surface area contributed by atoms with Crippen molar-refractivity contribution in [3.8, 4) is 28.8 Å². The lowest BCUT2D eigenvalue weighted by Crippen LogP contribution is -2.09. The van der Waals surface area contributed by atoms with E-state index in [4.69, 9.17) is 23.9 Å². The van der Waals surface area contributed by atoms with Gasteiger partial charge in [-0.1, -0.05) is 12.1 Å². The lowest BCUT2D eigenvalue weighted by atomic mass is 10.1. The summed E-state index contributed by atoms with van der Waals surface area (Å²) in [6.07, 6.45) is 0.101. The number of rotatable bonds is 8. The van der Waals surface area contributed by atoms with E-state index < -0.39 is 0 Å². The molecule has 0 aliphatic carbocycles. The number of carbonyl (C=O) groups excluding carboxylic acids is 1. The van der Waals surface area contributed by atoms with Crippen LogP contribution in [0.5, 0.6) is 11.5 Å². The van der Waals surface area contributed by atoms with Crippen molar-refractivity contribution in [2.24, 2.45) is 0 Å². The molecule has 7 heteroatoms. The molecular formula is C27H24N2O5. The van der Waals surface area contributed by atoms with Crippen LogP contribution in [0.4, 0.5) is 0 Å². The smallest absolute Gasteiger partial charge is 0.310 e. The van der Waals surface area contributed by atoms with Gasteiger partial charge < -0.3 is 18.6 Å². The van der Waals surface area contributed by atoms with Crippen molar-refractivity contribution in [3.63, 3.8) is 0 Å². The molecule has 0 aliphatic rings. The lowest BCUT2D eigenvalue weighted by molar-refractivity contribution is -0.142. The average Bonchev–Trinajstić information content (AvgIpc) is 3.17. The van der Waals surface area contributed by atoms with Gasteiger partial charge in [-0.05, 0) is 50.2 Å². The van der Waals surface area contributed by atoms with Crippen LogP contribution in [-0.4, -0.2) is 24.7 Å². The first kappa shape index (κ1) is 22.9. The number of carbonyl (C=O) groups is 1. The summed E-state index contributed by atoms with van der Waals surface area (Å²) in [7, 11) is 1.58. The summed E-state index contributed by atoms with van der Waals surface area (Å²) in [5.41, 5.74) is 4.26. The molecule has 2 aromatic heterocycles. The van der Waals surface area contributed by atoms with Gasteiger partial charge in [-0.25, -0.2) is 4.98 Å². The van der Waals surface area contributed by atoms with E-state index in [1.54, 1.807) is 38.3 Å². The largest absolute Gasteiger partial charge is 0.497 e. The summed E-state index contributed by atoms with van der Waals surface area (Å²) < 4.78 is 22.5. The Morgan fingerprint density at radius 3 is 2.76 bits per heavy atom. The summed E-state index contributed by atoms with van der Waals surface area (Å²) in [5, 5.41) is 10.1. The van der Waals surface area contributed by atoms with Crippen LogP contribution in [-0.2, 0) is 22.6 Å². The molecule has 4 rings (SSSR count). The Balaban J connectivity index is 1.65. The van der Waals surface area contributed by atoms with Gasteiger partial charge in [0.25, 0.3) is 0 Å². The number of esters is 1. The Labute approximate surface area is 197 Å². The highest BCUT2D eigenvalue weighted by molar-refractivity contribution is 5.86. The first-order valence-electron chi connectivity index (χ1n) is 10.9. The van der Waals surface area contributed by atoms with E-state index in [2.05, 4.69) is 11.1 Å². The van der Waals surface area contributed by atoms with Crippen molar-refractivity contribution < 1.29 is 23.4 Å². The van der Waals surface area contributed by atoms with Crippen molar-refractivity contribution in [1.82, 2.24) is 4.98 Å². The second-order valence-corrected chi connectivity index (χ2v) is 7.61. The Kier molecular flexibility index (Phi) is 6.79. The number of nitrogens with zero attached hydrogens (tertiary/aromatic N) is 2. The minimum absolute atomic E-state index is 0.101. The summed E-state index contributed by atoms with van der Waals surface area (Å²) >= 11 is 0.